The van der Waals surface area contributed by atoms with Crippen LogP contribution in [0.4, 0.5) is 5.69 Å². The van der Waals surface area contributed by atoms with Gasteiger partial charge in [-0.15, -0.1) is 0 Å². The number of rotatable bonds is 5. The molecule has 144 valence electrons. The zero-order valence-corrected chi connectivity index (χ0v) is 16.8. The number of aromatic nitrogens is 2. The van der Waals surface area contributed by atoms with E-state index in [-0.39, 0.29) is 18.0 Å². The summed E-state index contributed by atoms with van der Waals surface area (Å²) in [5.41, 5.74) is 5.46. The van der Waals surface area contributed by atoms with Gasteiger partial charge in [0, 0.05) is 23.9 Å². The van der Waals surface area contributed by atoms with Crippen LogP contribution in [0.5, 0.6) is 0 Å². The van der Waals surface area contributed by atoms with Gasteiger partial charge in [0.25, 0.3) is 5.56 Å². The molecule has 1 heterocycles. The molecule has 0 aliphatic carbocycles. The largest absolute Gasteiger partial charge is 0.311 e. The van der Waals surface area contributed by atoms with E-state index in [9.17, 15) is 9.59 Å². The van der Waals surface area contributed by atoms with Gasteiger partial charge < -0.3 is 4.90 Å². The van der Waals surface area contributed by atoms with Crippen LogP contribution in [0.25, 0.3) is 11.3 Å². The zero-order chi connectivity index (χ0) is 20.3. The minimum absolute atomic E-state index is 0.0979. The molecule has 3 aromatic rings. The average Bonchev–Trinajstić information content (AvgIpc) is 2.66. The molecule has 5 nitrogen and oxygen atoms in total. The number of hydrogen-bond donors (Lipinski definition) is 0. The number of benzene rings is 2. The number of nitrogens with zero attached hydrogens (tertiary/aromatic N) is 3. The van der Waals surface area contributed by atoms with Crippen LogP contribution in [-0.2, 0) is 11.3 Å². The standard InChI is InChI=1S/C23H25N3O2/c1-5-25(19-8-6-7-16(2)13-19)23(28)15-26-22(27)12-11-21(24-26)20-14-17(3)9-10-18(20)4/h6-14H,5,15H2,1-4H3. The quantitative estimate of drug-likeness (QED) is 0.680. The predicted molar refractivity (Wildman–Crippen MR) is 113 cm³/mol. The van der Waals surface area contributed by atoms with Crippen molar-refractivity contribution in [2.45, 2.75) is 34.2 Å². The van der Waals surface area contributed by atoms with E-state index in [1.165, 1.54) is 10.7 Å². The second kappa shape index (κ2) is 8.21. The first-order valence-corrected chi connectivity index (χ1v) is 9.42. The first-order chi connectivity index (χ1) is 13.4. The molecule has 0 bridgehead atoms. The number of amides is 1. The molecule has 0 saturated carbocycles. The highest BCUT2D eigenvalue weighted by molar-refractivity contribution is 5.93. The van der Waals surface area contributed by atoms with E-state index in [0.717, 1.165) is 27.9 Å². The van der Waals surface area contributed by atoms with Crippen molar-refractivity contribution in [2.24, 2.45) is 0 Å². The summed E-state index contributed by atoms with van der Waals surface area (Å²) in [7, 11) is 0. The summed E-state index contributed by atoms with van der Waals surface area (Å²) in [5, 5.41) is 4.47. The summed E-state index contributed by atoms with van der Waals surface area (Å²) in [4.78, 5) is 26.9. The summed E-state index contributed by atoms with van der Waals surface area (Å²) < 4.78 is 1.25. The molecule has 1 amide bonds. The lowest BCUT2D eigenvalue weighted by Gasteiger charge is -2.21. The summed E-state index contributed by atoms with van der Waals surface area (Å²) in [5.74, 6) is -0.166. The van der Waals surface area contributed by atoms with Crippen LogP contribution >= 0.6 is 0 Å². The van der Waals surface area contributed by atoms with Gasteiger partial charge in [0.2, 0.25) is 5.91 Å². The van der Waals surface area contributed by atoms with Gasteiger partial charge in [-0.1, -0.05) is 29.8 Å². The molecule has 0 unspecified atom stereocenters. The molecular formula is C23H25N3O2. The summed E-state index contributed by atoms with van der Waals surface area (Å²) in [6, 6.07) is 17.1. The maximum absolute atomic E-state index is 12.9. The van der Waals surface area contributed by atoms with Crippen LogP contribution in [-0.4, -0.2) is 22.2 Å². The van der Waals surface area contributed by atoms with Gasteiger partial charge in [0.05, 0.1) is 5.69 Å². The van der Waals surface area contributed by atoms with Crippen molar-refractivity contribution in [1.82, 2.24) is 9.78 Å². The number of carbonyl (C=O) groups excluding carboxylic acids is 1. The van der Waals surface area contributed by atoms with Gasteiger partial charge in [-0.25, -0.2) is 4.68 Å². The third-order valence-corrected chi connectivity index (χ3v) is 4.75. The predicted octanol–water partition coefficient (Wildman–Crippen LogP) is 3.89. The number of aryl methyl sites for hydroxylation is 3. The fourth-order valence-electron chi connectivity index (χ4n) is 3.23. The number of anilines is 1. The van der Waals surface area contributed by atoms with Crippen molar-refractivity contribution < 1.29 is 4.79 Å². The fourth-order valence-corrected chi connectivity index (χ4v) is 3.23. The SMILES string of the molecule is CCN(C(=O)Cn1nc(-c2cc(C)ccc2C)ccc1=O)c1cccc(C)c1. The van der Waals surface area contributed by atoms with E-state index in [2.05, 4.69) is 5.10 Å². The maximum Gasteiger partial charge on any atom is 0.267 e. The van der Waals surface area contributed by atoms with Crippen molar-refractivity contribution in [3.05, 3.63) is 81.6 Å². The van der Waals surface area contributed by atoms with Crippen LogP contribution in [0, 0.1) is 20.8 Å². The normalized spacial score (nSPS) is 10.7. The highest BCUT2D eigenvalue weighted by Gasteiger charge is 2.16. The number of carbonyl (C=O) groups is 1. The van der Waals surface area contributed by atoms with Crippen molar-refractivity contribution in [3.63, 3.8) is 0 Å². The third kappa shape index (κ3) is 4.19. The minimum Gasteiger partial charge on any atom is -0.311 e. The Morgan fingerprint density at radius 1 is 1.00 bits per heavy atom. The lowest BCUT2D eigenvalue weighted by atomic mass is 10.0. The summed E-state index contributed by atoms with van der Waals surface area (Å²) >= 11 is 0. The number of hydrogen-bond acceptors (Lipinski definition) is 3. The first kappa shape index (κ1) is 19.5. The van der Waals surface area contributed by atoms with Crippen LogP contribution in [0.3, 0.4) is 0 Å². The summed E-state index contributed by atoms with van der Waals surface area (Å²) in [6.45, 7) is 8.36. The molecule has 0 radical (unpaired) electrons. The average molecular weight is 375 g/mol. The molecule has 1 aromatic heterocycles. The van der Waals surface area contributed by atoms with E-state index >= 15 is 0 Å². The molecule has 0 aliphatic heterocycles. The molecule has 5 heteroatoms. The molecule has 0 saturated heterocycles. The Morgan fingerprint density at radius 3 is 2.46 bits per heavy atom. The molecule has 0 spiro atoms. The molecule has 3 rings (SSSR count). The van der Waals surface area contributed by atoms with Crippen molar-refractivity contribution in [2.75, 3.05) is 11.4 Å². The Hall–Kier alpha value is -3.21. The van der Waals surface area contributed by atoms with E-state index in [1.54, 1.807) is 11.0 Å². The monoisotopic (exact) mass is 375 g/mol. The molecule has 2 aromatic carbocycles. The maximum atomic E-state index is 12.9. The van der Waals surface area contributed by atoms with Gasteiger partial charge in [-0.05, 0) is 63.1 Å². The molecule has 0 N–H and O–H groups in total. The van der Waals surface area contributed by atoms with Gasteiger partial charge >= 0.3 is 0 Å². The smallest absolute Gasteiger partial charge is 0.267 e. The Bertz CT molecular complexity index is 1070. The molecule has 0 fully saturated rings. The van der Waals surface area contributed by atoms with Crippen molar-refractivity contribution in [1.29, 1.82) is 0 Å². The topological polar surface area (TPSA) is 55.2 Å². The lowest BCUT2D eigenvalue weighted by molar-refractivity contribution is -0.119. The molecular weight excluding hydrogens is 350 g/mol. The Morgan fingerprint density at radius 2 is 1.75 bits per heavy atom. The Kier molecular flexibility index (Phi) is 5.73. The van der Waals surface area contributed by atoms with Crippen LogP contribution in [0.1, 0.15) is 23.6 Å². The van der Waals surface area contributed by atoms with Crippen LogP contribution in [0.15, 0.2) is 59.4 Å². The highest BCUT2D eigenvalue weighted by Crippen LogP contribution is 2.22. The lowest BCUT2D eigenvalue weighted by Crippen LogP contribution is -2.37. The van der Waals surface area contributed by atoms with Crippen molar-refractivity contribution in [3.8, 4) is 11.3 Å². The second-order valence-electron chi connectivity index (χ2n) is 7.01. The van der Waals surface area contributed by atoms with Gasteiger partial charge in [0.15, 0.2) is 0 Å². The van der Waals surface area contributed by atoms with Crippen LogP contribution in [0.2, 0.25) is 0 Å². The highest BCUT2D eigenvalue weighted by atomic mass is 16.2. The third-order valence-electron chi connectivity index (χ3n) is 4.75. The van der Waals surface area contributed by atoms with Gasteiger partial charge in [0.1, 0.15) is 6.54 Å². The van der Waals surface area contributed by atoms with Crippen LogP contribution < -0.4 is 10.5 Å². The van der Waals surface area contributed by atoms with Gasteiger partial charge in [-0.2, -0.15) is 5.10 Å². The molecule has 0 atom stereocenters. The van der Waals surface area contributed by atoms with Gasteiger partial charge in [-0.3, -0.25) is 9.59 Å². The molecule has 28 heavy (non-hydrogen) atoms. The Labute approximate surface area is 165 Å². The number of likely N-dealkylation sites (N-methyl/N-ethyl adjacent to an activating group) is 1. The van der Waals surface area contributed by atoms with Crippen molar-refractivity contribution >= 4 is 11.6 Å². The fraction of sp³-hybridized carbons (Fsp3) is 0.261. The van der Waals surface area contributed by atoms with E-state index in [1.807, 2.05) is 70.2 Å². The minimum atomic E-state index is -0.289. The summed E-state index contributed by atoms with van der Waals surface area (Å²) in [6.07, 6.45) is 0. The first-order valence-electron chi connectivity index (χ1n) is 9.42. The molecule has 0 aliphatic rings. The van der Waals surface area contributed by atoms with E-state index < -0.39 is 0 Å². The Balaban J connectivity index is 1.92. The second-order valence-corrected chi connectivity index (χ2v) is 7.01. The zero-order valence-electron chi connectivity index (χ0n) is 16.8. The van der Waals surface area contributed by atoms with E-state index in [4.69, 9.17) is 0 Å². The van der Waals surface area contributed by atoms with E-state index in [0.29, 0.717) is 12.2 Å².